The summed E-state index contributed by atoms with van der Waals surface area (Å²) in [6.07, 6.45) is 6.53. The van der Waals surface area contributed by atoms with Crippen molar-refractivity contribution < 1.29 is 31.9 Å². The molecule has 0 aliphatic carbocycles. The van der Waals surface area contributed by atoms with Crippen LogP contribution in [0.25, 0.3) is 0 Å². The number of hydrogen-bond acceptors (Lipinski definition) is 7. The van der Waals surface area contributed by atoms with Crippen molar-refractivity contribution in [3.05, 3.63) is 18.7 Å². The van der Waals surface area contributed by atoms with Crippen LogP contribution in [0.5, 0.6) is 0 Å². The molecule has 0 saturated heterocycles. The molecule has 10 nitrogen and oxygen atoms in total. The minimum atomic E-state index is -4.67. The second-order valence-corrected chi connectivity index (χ2v) is 3.08. The van der Waals surface area contributed by atoms with Crippen LogP contribution in [0.3, 0.4) is 0 Å². The molecule has 0 aliphatic heterocycles. The SMILES string of the molecule is CC=O.Cn1ccnc1.N.O=CC=O.O=S(=O)(O)O. The maximum atomic E-state index is 8.81. The highest BCUT2D eigenvalue weighted by Crippen LogP contribution is 1.73. The van der Waals surface area contributed by atoms with Gasteiger partial charge in [0.05, 0.1) is 6.33 Å². The van der Waals surface area contributed by atoms with E-state index in [2.05, 4.69) is 4.98 Å². The van der Waals surface area contributed by atoms with Gasteiger partial charge in [-0.2, -0.15) is 8.42 Å². The lowest BCUT2D eigenvalue weighted by atomic mass is 10.9. The molecule has 1 rings (SSSR count). The normalized spacial score (nSPS) is 7.58. The Kier molecular flexibility index (Phi) is 25.0. The first kappa shape index (κ1) is 25.8. The third kappa shape index (κ3) is 86.6. The fraction of sp³-hybridized carbons (Fsp3) is 0.250. The first-order valence-corrected chi connectivity index (χ1v) is 5.53. The van der Waals surface area contributed by atoms with Crippen molar-refractivity contribution in [1.82, 2.24) is 15.7 Å². The highest BCUT2D eigenvalue weighted by atomic mass is 32.3. The number of carbonyl (C=O) groups is 3. The Balaban J connectivity index is -0.0000000804. The fourth-order valence-corrected chi connectivity index (χ4v) is 0.326. The summed E-state index contributed by atoms with van der Waals surface area (Å²) in [5.74, 6) is 0. The number of hydrogen-bond donors (Lipinski definition) is 3. The van der Waals surface area contributed by atoms with E-state index in [1.807, 2.05) is 17.8 Å². The summed E-state index contributed by atoms with van der Waals surface area (Å²) in [5, 5.41) is 0. The summed E-state index contributed by atoms with van der Waals surface area (Å²) in [7, 11) is -2.73. The molecule has 0 radical (unpaired) electrons. The highest BCUT2D eigenvalue weighted by molar-refractivity contribution is 7.79. The van der Waals surface area contributed by atoms with Gasteiger partial charge in [-0.15, -0.1) is 0 Å². The van der Waals surface area contributed by atoms with Crippen LogP contribution in [0.4, 0.5) is 0 Å². The number of imidazole rings is 1. The molecule has 0 aliphatic rings. The molecule has 112 valence electrons. The van der Waals surface area contributed by atoms with E-state index in [9.17, 15) is 0 Å². The quantitative estimate of drug-likeness (QED) is 0.350. The minimum absolute atomic E-state index is 0. The van der Waals surface area contributed by atoms with Gasteiger partial charge in [-0.3, -0.25) is 18.7 Å². The van der Waals surface area contributed by atoms with Crippen molar-refractivity contribution in [2.75, 3.05) is 0 Å². The first-order chi connectivity index (χ1) is 8.22. The molecule has 0 unspecified atom stereocenters. The van der Waals surface area contributed by atoms with Crippen molar-refractivity contribution in [3.8, 4) is 0 Å². The lowest BCUT2D eigenvalue weighted by molar-refractivity contribution is -0.122. The molecule has 0 spiro atoms. The maximum absolute atomic E-state index is 8.81. The Morgan fingerprint density at radius 3 is 1.53 bits per heavy atom. The molecule has 11 heteroatoms. The molecular weight excluding hydrogens is 282 g/mol. The van der Waals surface area contributed by atoms with Gasteiger partial charge >= 0.3 is 10.4 Å². The Labute approximate surface area is 110 Å². The van der Waals surface area contributed by atoms with Crippen molar-refractivity contribution >= 4 is 29.3 Å². The number of aryl methyl sites for hydroxylation is 1. The topological polar surface area (TPSA) is 179 Å². The van der Waals surface area contributed by atoms with E-state index in [1.54, 1.807) is 12.5 Å². The van der Waals surface area contributed by atoms with Crippen molar-refractivity contribution in [2.45, 2.75) is 6.92 Å². The first-order valence-electron chi connectivity index (χ1n) is 4.13. The minimum Gasteiger partial charge on any atom is -0.344 e. The van der Waals surface area contributed by atoms with Gasteiger partial charge in [0.25, 0.3) is 0 Å². The summed E-state index contributed by atoms with van der Waals surface area (Å²) in [6, 6.07) is 0. The van der Waals surface area contributed by atoms with Crippen molar-refractivity contribution in [1.29, 1.82) is 0 Å². The van der Waals surface area contributed by atoms with Gasteiger partial charge in [-0.05, 0) is 6.92 Å². The summed E-state index contributed by atoms with van der Waals surface area (Å²) >= 11 is 0. The number of aldehydes is 3. The zero-order valence-electron chi connectivity index (χ0n) is 10.4. The second kappa shape index (κ2) is 18.4. The van der Waals surface area contributed by atoms with Gasteiger partial charge < -0.3 is 15.5 Å². The lowest BCUT2D eigenvalue weighted by Gasteiger charge is -1.76. The monoisotopic (exact) mass is 299 g/mol. The molecular formula is C8H17N3O7S. The van der Waals surface area contributed by atoms with Gasteiger partial charge in [0.15, 0.2) is 12.6 Å². The van der Waals surface area contributed by atoms with E-state index in [4.69, 9.17) is 31.9 Å². The molecule has 0 saturated carbocycles. The number of aromatic nitrogens is 2. The van der Waals surface area contributed by atoms with Crippen LogP contribution in [0.2, 0.25) is 0 Å². The Morgan fingerprint density at radius 1 is 1.16 bits per heavy atom. The summed E-state index contributed by atoms with van der Waals surface area (Å²) in [4.78, 5) is 30.2. The van der Waals surface area contributed by atoms with Gasteiger partial charge in [-0.25, -0.2) is 4.98 Å². The van der Waals surface area contributed by atoms with Crippen LogP contribution < -0.4 is 6.15 Å². The van der Waals surface area contributed by atoms with E-state index in [1.165, 1.54) is 6.92 Å². The molecule has 0 amide bonds. The zero-order valence-corrected chi connectivity index (χ0v) is 11.2. The zero-order chi connectivity index (χ0) is 15.0. The summed E-state index contributed by atoms with van der Waals surface area (Å²) < 4.78 is 33.5. The molecule has 1 heterocycles. The van der Waals surface area contributed by atoms with Crippen LogP contribution in [0.15, 0.2) is 18.7 Å². The second-order valence-electron chi connectivity index (χ2n) is 2.18. The van der Waals surface area contributed by atoms with Gasteiger partial charge in [0.2, 0.25) is 0 Å². The standard InChI is InChI=1S/C4H6N2.C2H2O2.C2H4O.H3N.H2O4S/c1-6-3-2-5-4-6;3-1-2-4;1-2-3;;1-5(2,3)4/h2-4H,1H3;1-2H;2H,1H3;1H3;(H2,1,2,3,4). The van der Waals surface area contributed by atoms with Crippen LogP contribution in [-0.4, -0.2) is 45.9 Å². The van der Waals surface area contributed by atoms with E-state index in [0.717, 1.165) is 6.29 Å². The predicted molar refractivity (Wildman–Crippen MR) is 66.3 cm³/mol. The summed E-state index contributed by atoms with van der Waals surface area (Å²) in [6.45, 7) is 1.44. The summed E-state index contributed by atoms with van der Waals surface area (Å²) in [5.41, 5.74) is 0. The molecule has 1 aromatic heterocycles. The van der Waals surface area contributed by atoms with Crippen LogP contribution in [-0.2, 0) is 31.8 Å². The molecule has 0 atom stereocenters. The van der Waals surface area contributed by atoms with E-state index < -0.39 is 10.4 Å². The molecule has 0 bridgehead atoms. The Bertz CT molecular complexity index is 388. The molecule has 5 N–H and O–H groups in total. The molecule has 19 heavy (non-hydrogen) atoms. The van der Waals surface area contributed by atoms with Gasteiger partial charge in [0.1, 0.15) is 6.29 Å². The average molecular weight is 299 g/mol. The van der Waals surface area contributed by atoms with E-state index in [-0.39, 0.29) is 18.7 Å². The maximum Gasteiger partial charge on any atom is 0.394 e. The van der Waals surface area contributed by atoms with Crippen molar-refractivity contribution in [3.63, 3.8) is 0 Å². The number of nitrogens with zero attached hydrogens (tertiary/aromatic N) is 2. The van der Waals surface area contributed by atoms with Gasteiger partial charge in [0, 0.05) is 19.4 Å². The Morgan fingerprint density at radius 2 is 1.47 bits per heavy atom. The predicted octanol–water partition coefficient (Wildman–Crippen LogP) is -0.481. The molecule has 0 fully saturated rings. The largest absolute Gasteiger partial charge is 0.394 e. The average Bonchev–Trinajstić information content (AvgIpc) is 2.68. The third-order valence-corrected chi connectivity index (χ3v) is 0.692. The fourth-order valence-electron chi connectivity index (χ4n) is 0.326. The highest BCUT2D eigenvalue weighted by Gasteiger charge is 1.84. The third-order valence-electron chi connectivity index (χ3n) is 0.692. The van der Waals surface area contributed by atoms with E-state index in [0.29, 0.717) is 0 Å². The van der Waals surface area contributed by atoms with Crippen LogP contribution in [0, 0.1) is 0 Å². The van der Waals surface area contributed by atoms with Crippen LogP contribution in [0.1, 0.15) is 6.92 Å². The Hall–Kier alpha value is -1.95. The lowest BCUT2D eigenvalue weighted by Crippen LogP contribution is -1.89. The van der Waals surface area contributed by atoms with Crippen LogP contribution >= 0.6 is 0 Å². The molecule has 0 aromatic carbocycles. The number of rotatable bonds is 1. The smallest absolute Gasteiger partial charge is 0.344 e. The van der Waals surface area contributed by atoms with Crippen molar-refractivity contribution in [2.24, 2.45) is 7.05 Å². The van der Waals surface area contributed by atoms with E-state index >= 15 is 0 Å². The molecule has 1 aromatic rings. The number of carbonyl (C=O) groups excluding carboxylic acids is 3. The van der Waals surface area contributed by atoms with Gasteiger partial charge in [-0.1, -0.05) is 0 Å².